The number of aryl methyl sites for hydroxylation is 1. The van der Waals surface area contributed by atoms with Gasteiger partial charge in [0.1, 0.15) is 0 Å². The van der Waals surface area contributed by atoms with Crippen LogP contribution in [0.15, 0.2) is 18.2 Å². The minimum Gasteiger partial charge on any atom is -0.478 e. The van der Waals surface area contributed by atoms with Crippen LogP contribution in [0.25, 0.3) is 0 Å². The Hall–Kier alpha value is -1.39. The largest absolute Gasteiger partial charge is 0.478 e. The number of rotatable bonds is 2. The van der Waals surface area contributed by atoms with Crippen LogP contribution in [0.4, 0.5) is 0 Å². The molecule has 0 amide bonds. The van der Waals surface area contributed by atoms with Crippen molar-refractivity contribution in [1.82, 2.24) is 10.6 Å². The second-order valence-electron chi connectivity index (χ2n) is 3.74. The van der Waals surface area contributed by atoms with Crippen LogP contribution in [-0.4, -0.2) is 24.2 Å². The molecule has 15 heavy (non-hydrogen) atoms. The summed E-state index contributed by atoms with van der Waals surface area (Å²) in [6.45, 7) is 3.71. The smallest absolute Gasteiger partial charge is 0.336 e. The first-order valence-electron chi connectivity index (χ1n) is 4.99. The Balaban J connectivity index is 2.41. The second-order valence-corrected chi connectivity index (χ2v) is 3.74. The third-order valence-corrected chi connectivity index (χ3v) is 2.57. The molecule has 0 aliphatic carbocycles. The SMILES string of the molecule is Cc1ccc(C(=O)O)c(C2NCCN2)c1. The molecule has 2 rings (SSSR count). The van der Waals surface area contributed by atoms with Crippen molar-refractivity contribution in [3.63, 3.8) is 0 Å². The topological polar surface area (TPSA) is 61.4 Å². The van der Waals surface area contributed by atoms with E-state index in [1.54, 1.807) is 6.07 Å². The van der Waals surface area contributed by atoms with Crippen molar-refractivity contribution in [2.24, 2.45) is 0 Å². The summed E-state index contributed by atoms with van der Waals surface area (Å²) in [5.41, 5.74) is 2.26. The molecule has 1 aliphatic heterocycles. The lowest BCUT2D eigenvalue weighted by Crippen LogP contribution is -2.23. The van der Waals surface area contributed by atoms with E-state index in [1.165, 1.54) is 0 Å². The maximum atomic E-state index is 11.0. The molecule has 80 valence electrons. The van der Waals surface area contributed by atoms with E-state index in [2.05, 4.69) is 10.6 Å². The Kier molecular flexibility index (Phi) is 2.70. The molecule has 1 aromatic rings. The zero-order valence-corrected chi connectivity index (χ0v) is 8.58. The predicted molar refractivity (Wildman–Crippen MR) is 56.9 cm³/mol. The van der Waals surface area contributed by atoms with Crippen LogP contribution in [-0.2, 0) is 0 Å². The lowest BCUT2D eigenvalue weighted by molar-refractivity contribution is 0.0694. The average Bonchev–Trinajstić information content (AvgIpc) is 2.69. The van der Waals surface area contributed by atoms with Gasteiger partial charge < -0.3 is 5.11 Å². The number of carbonyl (C=O) groups is 1. The number of carboxylic acids is 1. The van der Waals surface area contributed by atoms with Crippen LogP contribution < -0.4 is 10.6 Å². The zero-order valence-electron chi connectivity index (χ0n) is 8.58. The first-order valence-corrected chi connectivity index (χ1v) is 4.99. The molecule has 4 nitrogen and oxygen atoms in total. The van der Waals surface area contributed by atoms with E-state index in [1.807, 2.05) is 19.1 Å². The fourth-order valence-electron chi connectivity index (χ4n) is 1.84. The van der Waals surface area contributed by atoms with Gasteiger partial charge in [0, 0.05) is 13.1 Å². The van der Waals surface area contributed by atoms with Gasteiger partial charge in [-0.2, -0.15) is 0 Å². The van der Waals surface area contributed by atoms with Crippen LogP contribution in [0.5, 0.6) is 0 Å². The van der Waals surface area contributed by atoms with E-state index < -0.39 is 5.97 Å². The van der Waals surface area contributed by atoms with Gasteiger partial charge in [-0.1, -0.05) is 17.7 Å². The minimum atomic E-state index is -0.875. The predicted octanol–water partition coefficient (Wildman–Crippen LogP) is 0.885. The molecule has 0 saturated carbocycles. The van der Waals surface area contributed by atoms with Crippen LogP contribution in [0.2, 0.25) is 0 Å². The van der Waals surface area contributed by atoms with Gasteiger partial charge in [-0.15, -0.1) is 0 Å². The number of hydrogen-bond donors (Lipinski definition) is 3. The standard InChI is InChI=1S/C11H14N2O2/c1-7-2-3-8(11(14)15)9(6-7)10-12-4-5-13-10/h2-3,6,10,12-13H,4-5H2,1H3,(H,14,15). The molecule has 0 spiro atoms. The highest BCUT2D eigenvalue weighted by Crippen LogP contribution is 2.19. The molecule has 0 bridgehead atoms. The zero-order chi connectivity index (χ0) is 10.8. The summed E-state index contributed by atoms with van der Waals surface area (Å²) in [6, 6.07) is 5.40. The quantitative estimate of drug-likeness (QED) is 0.672. The molecule has 3 N–H and O–H groups in total. The van der Waals surface area contributed by atoms with Gasteiger partial charge in [0.15, 0.2) is 0 Å². The van der Waals surface area contributed by atoms with E-state index in [4.69, 9.17) is 5.11 Å². The van der Waals surface area contributed by atoms with Crippen molar-refractivity contribution in [1.29, 1.82) is 0 Å². The van der Waals surface area contributed by atoms with Crippen molar-refractivity contribution >= 4 is 5.97 Å². The lowest BCUT2D eigenvalue weighted by Gasteiger charge is -2.14. The summed E-state index contributed by atoms with van der Waals surface area (Å²) in [5.74, 6) is -0.875. The van der Waals surface area contributed by atoms with Gasteiger partial charge in [-0.3, -0.25) is 10.6 Å². The Morgan fingerprint density at radius 2 is 2.07 bits per heavy atom. The Labute approximate surface area is 88.3 Å². The molecule has 1 fully saturated rings. The Morgan fingerprint density at radius 3 is 2.67 bits per heavy atom. The van der Waals surface area contributed by atoms with Crippen molar-refractivity contribution < 1.29 is 9.90 Å². The van der Waals surface area contributed by atoms with E-state index in [0.29, 0.717) is 5.56 Å². The van der Waals surface area contributed by atoms with Crippen LogP contribution >= 0.6 is 0 Å². The minimum absolute atomic E-state index is 0.0315. The van der Waals surface area contributed by atoms with E-state index in [0.717, 1.165) is 24.2 Å². The van der Waals surface area contributed by atoms with Gasteiger partial charge in [0.05, 0.1) is 11.7 Å². The first-order chi connectivity index (χ1) is 7.18. The molecule has 0 atom stereocenters. The molecule has 0 aromatic heterocycles. The van der Waals surface area contributed by atoms with E-state index >= 15 is 0 Å². The van der Waals surface area contributed by atoms with Crippen LogP contribution in [0.1, 0.15) is 27.7 Å². The number of aromatic carboxylic acids is 1. The number of nitrogens with one attached hydrogen (secondary N) is 2. The highest BCUT2D eigenvalue weighted by Gasteiger charge is 2.21. The molecular weight excluding hydrogens is 192 g/mol. The fraction of sp³-hybridized carbons (Fsp3) is 0.364. The summed E-state index contributed by atoms with van der Waals surface area (Å²) < 4.78 is 0. The third kappa shape index (κ3) is 2.00. The van der Waals surface area contributed by atoms with Crippen molar-refractivity contribution in [2.75, 3.05) is 13.1 Å². The van der Waals surface area contributed by atoms with Gasteiger partial charge in [-0.05, 0) is 18.6 Å². The average molecular weight is 206 g/mol. The number of hydrogen-bond acceptors (Lipinski definition) is 3. The lowest BCUT2D eigenvalue weighted by atomic mass is 10.0. The third-order valence-electron chi connectivity index (χ3n) is 2.57. The van der Waals surface area contributed by atoms with Crippen LogP contribution in [0.3, 0.4) is 0 Å². The molecular formula is C11H14N2O2. The second kappa shape index (κ2) is 4.00. The van der Waals surface area contributed by atoms with E-state index in [9.17, 15) is 4.79 Å². The molecule has 1 aromatic carbocycles. The summed E-state index contributed by atoms with van der Waals surface area (Å²) in [5, 5.41) is 15.5. The molecule has 1 heterocycles. The van der Waals surface area contributed by atoms with Crippen molar-refractivity contribution in [2.45, 2.75) is 13.1 Å². The highest BCUT2D eigenvalue weighted by atomic mass is 16.4. The summed E-state index contributed by atoms with van der Waals surface area (Å²) >= 11 is 0. The van der Waals surface area contributed by atoms with Gasteiger partial charge in [0.25, 0.3) is 0 Å². The van der Waals surface area contributed by atoms with Gasteiger partial charge in [-0.25, -0.2) is 4.79 Å². The molecule has 1 aliphatic rings. The first kappa shape index (κ1) is 10.1. The van der Waals surface area contributed by atoms with Gasteiger partial charge >= 0.3 is 5.97 Å². The maximum absolute atomic E-state index is 11.0. The molecule has 1 saturated heterocycles. The van der Waals surface area contributed by atoms with Crippen LogP contribution in [0, 0.1) is 6.92 Å². The number of carboxylic acid groups (broad SMARTS) is 1. The van der Waals surface area contributed by atoms with Crippen molar-refractivity contribution in [3.05, 3.63) is 34.9 Å². The van der Waals surface area contributed by atoms with E-state index in [-0.39, 0.29) is 6.17 Å². The fourth-order valence-corrected chi connectivity index (χ4v) is 1.84. The maximum Gasteiger partial charge on any atom is 0.336 e. The molecule has 0 radical (unpaired) electrons. The molecule has 0 unspecified atom stereocenters. The Morgan fingerprint density at radius 1 is 1.40 bits per heavy atom. The summed E-state index contributed by atoms with van der Waals surface area (Å²) in [6.07, 6.45) is -0.0315. The summed E-state index contributed by atoms with van der Waals surface area (Å²) in [7, 11) is 0. The highest BCUT2D eigenvalue weighted by molar-refractivity contribution is 5.89. The number of benzene rings is 1. The molecule has 4 heteroatoms. The summed E-state index contributed by atoms with van der Waals surface area (Å²) in [4.78, 5) is 11.0. The van der Waals surface area contributed by atoms with Gasteiger partial charge in [0.2, 0.25) is 0 Å². The normalized spacial score (nSPS) is 16.9. The van der Waals surface area contributed by atoms with Crippen molar-refractivity contribution in [3.8, 4) is 0 Å². The Bertz CT molecular complexity index is 384. The monoisotopic (exact) mass is 206 g/mol.